The van der Waals surface area contributed by atoms with Gasteiger partial charge in [-0.3, -0.25) is 4.99 Å². The predicted molar refractivity (Wildman–Crippen MR) is 136 cm³/mol. The molecular formula is C24H30IN5O. The van der Waals surface area contributed by atoms with Crippen LogP contribution >= 0.6 is 24.0 Å². The summed E-state index contributed by atoms with van der Waals surface area (Å²) in [6.07, 6.45) is 5.20. The molecule has 0 saturated carbocycles. The number of guanidine groups is 1. The lowest BCUT2D eigenvalue weighted by Gasteiger charge is -2.15. The van der Waals surface area contributed by atoms with Crippen molar-refractivity contribution in [1.82, 2.24) is 20.4 Å². The number of halogens is 1. The van der Waals surface area contributed by atoms with E-state index in [4.69, 9.17) is 4.74 Å². The molecule has 4 rings (SSSR count). The van der Waals surface area contributed by atoms with Gasteiger partial charge < -0.3 is 15.4 Å². The molecule has 3 aromatic rings. The summed E-state index contributed by atoms with van der Waals surface area (Å²) in [7, 11) is 1.80. The summed E-state index contributed by atoms with van der Waals surface area (Å²) in [6, 6.07) is 18.5. The van der Waals surface area contributed by atoms with Crippen LogP contribution in [0.1, 0.15) is 23.2 Å². The van der Waals surface area contributed by atoms with Crippen LogP contribution in [0.25, 0.3) is 5.69 Å². The summed E-state index contributed by atoms with van der Waals surface area (Å²) in [5, 5.41) is 11.4. The summed E-state index contributed by atoms with van der Waals surface area (Å²) < 4.78 is 7.94. The molecule has 1 unspecified atom stereocenters. The Labute approximate surface area is 201 Å². The Bertz CT molecular complexity index is 977. The first-order valence-corrected chi connectivity index (χ1v) is 10.5. The van der Waals surface area contributed by atoms with Gasteiger partial charge in [-0.05, 0) is 49.1 Å². The van der Waals surface area contributed by atoms with Gasteiger partial charge in [0.2, 0.25) is 0 Å². The smallest absolute Gasteiger partial charge is 0.191 e. The molecule has 0 saturated heterocycles. The van der Waals surface area contributed by atoms with Crippen molar-refractivity contribution < 1.29 is 4.74 Å². The third kappa shape index (κ3) is 6.00. The first kappa shape index (κ1) is 23.1. The zero-order valence-corrected chi connectivity index (χ0v) is 20.4. The van der Waals surface area contributed by atoms with E-state index in [-0.39, 0.29) is 30.1 Å². The number of nitrogens with one attached hydrogen (secondary N) is 2. The van der Waals surface area contributed by atoms with Crippen molar-refractivity contribution in [3.63, 3.8) is 0 Å². The molecule has 0 bridgehead atoms. The van der Waals surface area contributed by atoms with E-state index in [0.29, 0.717) is 0 Å². The van der Waals surface area contributed by atoms with Gasteiger partial charge in [0.25, 0.3) is 0 Å². The second kappa shape index (κ2) is 11.2. The van der Waals surface area contributed by atoms with E-state index < -0.39 is 0 Å². The molecule has 2 aromatic carbocycles. The molecule has 0 fully saturated rings. The van der Waals surface area contributed by atoms with Crippen LogP contribution in [-0.2, 0) is 12.8 Å². The number of nitrogens with zero attached hydrogens (tertiary/aromatic N) is 3. The molecule has 1 atom stereocenters. The summed E-state index contributed by atoms with van der Waals surface area (Å²) in [4.78, 5) is 4.33. The lowest BCUT2D eigenvalue weighted by Crippen LogP contribution is -2.42. The quantitative estimate of drug-likeness (QED) is 0.210. The molecule has 1 aliphatic heterocycles. The van der Waals surface area contributed by atoms with Gasteiger partial charge in [-0.25, -0.2) is 4.68 Å². The van der Waals surface area contributed by atoms with Crippen molar-refractivity contribution in [1.29, 1.82) is 0 Å². The Hall–Kier alpha value is -2.55. The van der Waals surface area contributed by atoms with Gasteiger partial charge in [-0.2, -0.15) is 5.10 Å². The van der Waals surface area contributed by atoms with Crippen molar-refractivity contribution >= 4 is 29.9 Å². The number of rotatable bonds is 7. The van der Waals surface area contributed by atoms with Gasteiger partial charge in [0.15, 0.2) is 5.96 Å². The molecule has 31 heavy (non-hydrogen) atoms. The summed E-state index contributed by atoms with van der Waals surface area (Å²) in [5.74, 6) is 1.81. The van der Waals surface area contributed by atoms with Crippen molar-refractivity contribution in [2.24, 2.45) is 4.99 Å². The normalized spacial score (nSPS) is 15.0. The largest absolute Gasteiger partial charge is 0.488 e. The second-order valence-corrected chi connectivity index (χ2v) is 7.56. The van der Waals surface area contributed by atoms with Crippen molar-refractivity contribution in [2.45, 2.75) is 32.3 Å². The van der Waals surface area contributed by atoms with Crippen LogP contribution < -0.4 is 15.4 Å². The number of hydrogen-bond acceptors (Lipinski definition) is 3. The molecule has 0 aliphatic carbocycles. The topological polar surface area (TPSA) is 63.5 Å². The summed E-state index contributed by atoms with van der Waals surface area (Å²) in [6.45, 7) is 3.65. The van der Waals surface area contributed by atoms with Gasteiger partial charge in [0.05, 0.1) is 17.9 Å². The average Bonchev–Trinajstić information content (AvgIpc) is 3.37. The number of para-hydroxylation sites is 2. The fourth-order valence-corrected chi connectivity index (χ4v) is 3.74. The first-order valence-electron chi connectivity index (χ1n) is 10.5. The van der Waals surface area contributed by atoms with Crippen LogP contribution in [0, 0.1) is 6.92 Å². The van der Waals surface area contributed by atoms with Crippen LogP contribution in [0.2, 0.25) is 0 Å². The Balaban J connectivity index is 0.00000272. The Morgan fingerprint density at radius 3 is 2.68 bits per heavy atom. The van der Waals surface area contributed by atoms with Crippen LogP contribution in [0.4, 0.5) is 0 Å². The van der Waals surface area contributed by atoms with E-state index in [9.17, 15) is 0 Å². The van der Waals surface area contributed by atoms with Gasteiger partial charge in [0.1, 0.15) is 11.9 Å². The van der Waals surface area contributed by atoms with Crippen LogP contribution in [0.15, 0.2) is 65.8 Å². The molecule has 2 heterocycles. The van der Waals surface area contributed by atoms with Gasteiger partial charge in [-0.1, -0.05) is 36.4 Å². The fraction of sp³-hybridized carbons (Fsp3) is 0.333. The third-order valence-electron chi connectivity index (χ3n) is 5.37. The maximum atomic E-state index is 5.98. The Morgan fingerprint density at radius 1 is 1.13 bits per heavy atom. The van der Waals surface area contributed by atoms with E-state index in [1.54, 1.807) is 7.05 Å². The fourth-order valence-electron chi connectivity index (χ4n) is 3.74. The minimum atomic E-state index is 0. The molecule has 2 N–H and O–H groups in total. The minimum Gasteiger partial charge on any atom is -0.488 e. The van der Waals surface area contributed by atoms with E-state index in [1.807, 2.05) is 35.0 Å². The van der Waals surface area contributed by atoms with E-state index in [0.717, 1.165) is 55.4 Å². The zero-order chi connectivity index (χ0) is 20.8. The highest BCUT2D eigenvalue weighted by Crippen LogP contribution is 2.27. The third-order valence-corrected chi connectivity index (χ3v) is 5.37. The van der Waals surface area contributed by atoms with Crippen LogP contribution in [-0.4, -0.2) is 42.0 Å². The molecule has 0 spiro atoms. The molecule has 1 aliphatic rings. The minimum absolute atomic E-state index is 0. The number of aliphatic imine (C=N–C) groups is 1. The highest BCUT2D eigenvalue weighted by Gasteiger charge is 2.22. The lowest BCUT2D eigenvalue weighted by molar-refractivity contribution is 0.235. The average molecular weight is 531 g/mol. The number of hydrogen-bond donors (Lipinski definition) is 2. The van der Waals surface area contributed by atoms with E-state index >= 15 is 0 Å². The van der Waals surface area contributed by atoms with Crippen molar-refractivity contribution in [3.05, 3.63) is 77.6 Å². The maximum Gasteiger partial charge on any atom is 0.191 e. The zero-order valence-electron chi connectivity index (χ0n) is 18.0. The number of ether oxygens (including phenoxy) is 1. The summed E-state index contributed by atoms with van der Waals surface area (Å²) in [5.41, 5.74) is 4.73. The highest BCUT2D eigenvalue weighted by molar-refractivity contribution is 14.0. The van der Waals surface area contributed by atoms with Gasteiger partial charge in [-0.15, -0.1) is 24.0 Å². The number of aromatic nitrogens is 2. The molecular weight excluding hydrogens is 501 g/mol. The van der Waals surface area contributed by atoms with Crippen LogP contribution in [0.3, 0.4) is 0 Å². The van der Waals surface area contributed by atoms with E-state index in [1.165, 1.54) is 11.1 Å². The van der Waals surface area contributed by atoms with Crippen LogP contribution in [0.5, 0.6) is 5.75 Å². The summed E-state index contributed by atoms with van der Waals surface area (Å²) >= 11 is 0. The van der Waals surface area contributed by atoms with Gasteiger partial charge >= 0.3 is 0 Å². The maximum absolute atomic E-state index is 5.98. The number of benzene rings is 2. The second-order valence-electron chi connectivity index (χ2n) is 7.56. The van der Waals surface area contributed by atoms with Gasteiger partial charge in [0, 0.05) is 26.2 Å². The Kier molecular flexibility index (Phi) is 8.34. The molecule has 7 heteroatoms. The predicted octanol–water partition coefficient (Wildman–Crippen LogP) is 3.90. The first-order chi connectivity index (χ1) is 14.7. The number of aryl methyl sites for hydroxylation is 2. The highest BCUT2D eigenvalue weighted by atomic mass is 127. The van der Waals surface area contributed by atoms with Crippen molar-refractivity contribution in [2.75, 3.05) is 20.1 Å². The molecule has 0 radical (unpaired) electrons. The molecule has 0 amide bonds. The molecule has 6 nitrogen and oxygen atoms in total. The van der Waals surface area contributed by atoms with Crippen molar-refractivity contribution in [3.8, 4) is 11.4 Å². The lowest BCUT2D eigenvalue weighted by atomic mass is 10.1. The SMILES string of the molecule is CN=C(NCCCc1cn(-c2ccccc2)nc1C)NCC1Cc2ccccc2O1.I. The monoisotopic (exact) mass is 531 g/mol. The standard InChI is InChI=1S/C24H29N5O.HI/c1-18-20(17-29(28-18)21-11-4-3-5-12-21)10-8-14-26-24(25-2)27-16-22-15-19-9-6-7-13-23(19)30-22;/h3-7,9,11-13,17,22H,8,10,14-16H2,1-2H3,(H2,25,26,27);1H. The molecule has 1 aromatic heterocycles. The Morgan fingerprint density at radius 2 is 1.90 bits per heavy atom. The number of fused-ring (bicyclic) bond motifs is 1. The van der Waals surface area contributed by atoms with E-state index in [2.05, 4.69) is 58.1 Å². The molecule has 164 valence electrons.